The first-order chi connectivity index (χ1) is 7.09. The number of carbonyl (C=O) groups is 1. The van der Waals surface area contributed by atoms with Gasteiger partial charge in [0, 0.05) is 0 Å². The highest BCUT2D eigenvalue weighted by Gasteiger charge is 2.01. The van der Waals surface area contributed by atoms with Gasteiger partial charge in [-0.05, 0) is 30.7 Å². The molecule has 0 aliphatic carbocycles. The Hall–Kier alpha value is -1.78. The minimum absolute atomic E-state index is 0.201. The molecule has 0 heterocycles. The van der Waals surface area contributed by atoms with Crippen molar-refractivity contribution in [3.05, 3.63) is 29.6 Å². The Kier molecular flexibility index (Phi) is 3.91. The molecule has 15 heavy (non-hydrogen) atoms. The van der Waals surface area contributed by atoms with Crippen molar-refractivity contribution in [3.63, 3.8) is 0 Å². The lowest BCUT2D eigenvalue weighted by atomic mass is 10.2. The molecule has 0 aliphatic heterocycles. The van der Waals surface area contributed by atoms with Gasteiger partial charge in [-0.15, -0.1) is 0 Å². The van der Waals surface area contributed by atoms with Crippen molar-refractivity contribution in [3.8, 4) is 5.75 Å². The molecule has 0 saturated carbocycles. The predicted molar refractivity (Wildman–Crippen MR) is 52.7 cm³/mol. The van der Waals surface area contributed by atoms with Gasteiger partial charge in [0.25, 0.3) is 0 Å². The van der Waals surface area contributed by atoms with Gasteiger partial charge in [0.2, 0.25) is 0 Å². The summed E-state index contributed by atoms with van der Waals surface area (Å²) < 4.78 is 17.9. The van der Waals surface area contributed by atoms with E-state index in [1.807, 2.05) is 0 Å². The van der Waals surface area contributed by atoms with E-state index in [0.29, 0.717) is 11.3 Å². The molecule has 0 radical (unpaired) electrons. The van der Waals surface area contributed by atoms with Gasteiger partial charge in [0.15, 0.2) is 0 Å². The molecule has 0 unspecified atom stereocenters. The fourth-order valence-corrected chi connectivity index (χ4v) is 1.09. The fraction of sp³-hybridized carbons (Fsp3) is 0.300. The molecule has 1 aromatic rings. The van der Waals surface area contributed by atoms with E-state index in [4.69, 9.17) is 9.84 Å². The minimum atomic E-state index is -1.09. The molecule has 1 amide bonds. The molecule has 5 heteroatoms. The van der Waals surface area contributed by atoms with E-state index in [0.717, 1.165) is 0 Å². The van der Waals surface area contributed by atoms with Crippen LogP contribution in [0.1, 0.15) is 5.56 Å². The molecule has 82 valence electrons. The van der Waals surface area contributed by atoms with Crippen molar-refractivity contribution in [2.24, 2.45) is 0 Å². The van der Waals surface area contributed by atoms with Crippen LogP contribution in [0, 0.1) is 12.7 Å². The summed E-state index contributed by atoms with van der Waals surface area (Å²) >= 11 is 0. The number of hydrogen-bond donors (Lipinski definition) is 2. The zero-order valence-corrected chi connectivity index (χ0v) is 8.29. The number of halogens is 1. The van der Waals surface area contributed by atoms with Crippen molar-refractivity contribution in [1.29, 1.82) is 0 Å². The zero-order chi connectivity index (χ0) is 11.3. The van der Waals surface area contributed by atoms with Crippen LogP contribution in [0.5, 0.6) is 5.75 Å². The molecular formula is C10H12FNO3. The molecule has 0 saturated heterocycles. The fourth-order valence-electron chi connectivity index (χ4n) is 1.09. The Morgan fingerprint density at radius 1 is 1.60 bits per heavy atom. The van der Waals surface area contributed by atoms with Crippen LogP contribution in [0.25, 0.3) is 0 Å². The number of aryl methyl sites for hydroxylation is 1. The first-order valence-corrected chi connectivity index (χ1v) is 4.45. The summed E-state index contributed by atoms with van der Waals surface area (Å²) in [4.78, 5) is 10.1. The maximum absolute atomic E-state index is 12.7. The lowest BCUT2D eigenvalue weighted by Gasteiger charge is -2.08. The third kappa shape index (κ3) is 3.84. The predicted octanol–water partition coefficient (Wildman–Crippen LogP) is 1.78. The maximum Gasteiger partial charge on any atom is 0.404 e. The summed E-state index contributed by atoms with van der Waals surface area (Å²) in [5.74, 6) is 0.243. The average molecular weight is 213 g/mol. The van der Waals surface area contributed by atoms with E-state index in [9.17, 15) is 9.18 Å². The van der Waals surface area contributed by atoms with Gasteiger partial charge in [-0.25, -0.2) is 9.18 Å². The second-order valence-corrected chi connectivity index (χ2v) is 2.99. The lowest BCUT2D eigenvalue weighted by molar-refractivity contribution is 0.191. The monoisotopic (exact) mass is 213 g/mol. The Bertz CT molecular complexity index is 355. The van der Waals surface area contributed by atoms with Crippen LogP contribution in [0.4, 0.5) is 9.18 Å². The number of carboxylic acid groups (broad SMARTS) is 1. The molecule has 0 aromatic heterocycles. The van der Waals surface area contributed by atoms with Crippen LogP contribution in [-0.4, -0.2) is 24.4 Å². The normalized spacial score (nSPS) is 9.73. The molecule has 1 rings (SSSR count). The van der Waals surface area contributed by atoms with Gasteiger partial charge in [0.1, 0.15) is 18.2 Å². The second-order valence-electron chi connectivity index (χ2n) is 2.99. The van der Waals surface area contributed by atoms with Gasteiger partial charge in [-0.3, -0.25) is 0 Å². The van der Waals surface area contributed by atoms with Crippen LogP contribution >= 0.6 is 0 Å². The molecule has 1 aromatic carbocycles. The highest BCUT2D eigenvalue weighted by Crippen LogP contribution is 2.17. The Balaban J connectivity index is 2.40. The highest BCUT2D eigenvalue weighted by molar-refractivity contribution is 5.64. The summed E-state index contributed by atoms with van der Waals surface area (Å²) in [7, 11) is 0. The van der Waals surface area contributed by atoms with E-state index < -0.39 is 6.09 Å². The van der Waals surface area contributed by atoms with Gasteiger partial charge < -0.3 is 15.2 Å². The highest BCUT2D eigenvalue weighted by atomic mass is 19.1. The van der Waals surface area contributed by atoms with Crippen LogP contribution in [0.2, 0.25) is 0 Å². The number of amides is 1. The third-order valence-electron chi connectivity index (χ3n) is 1.77. The Labute approximate surface area is 86.7 Å². The second kappa shape index (κ2) is 5.19. The molecule has 2 N–H and O–H groups in total. The lowest BCUT2D eigenvalue weighted by Crippen LogP contribution is -2.26. The molecule has 0 atom stereocenters. The van der Waals surface area contributed by atoms with E-state index >= 15 is 0 Å². The summed E-state index contributed by atoms with van der Waals surface area (Å²) in [6.45, 7) is 2.15. The van der Waals surface area contributed by atoms with Crippen molar-refractivity contribution >= 4 is 6.09 Å². The summed E-state index contributed by atoms with van der Waals surface area (Å²) in [6, 6.07) is 4.18. The first kappa shape index (κ1) is 11.3. The number of hydrogen-bond acceptors (Lipinski definition) is 2. The summed E-state index contributed by atoms with van der Waals surface area (Å²) in [6.07, 6.45) is -1.09. The molecule has 0 aliphatic rings. The van der Waals surface area contributed by atoms with Crippen molar-refractivity contribution in [2.75, 3.05) is 13.2 Å². The quantitative estimate of drug-likeness (QED) is 0.749. The summed E-state index contributed by atoms with van der Waals surface area (Å²) in [5, 5.41) is 10.4. The number of rotatable bonds is 4. The van der Waals surface area contributed by atoms with Crippen LogP contribution in [-0.2, 0) is 0 Å². The number of benzene rings is 1. The van der Waals surface area contributed by atoms with Crippen LogP contribution in [0.3, 0.4) is 0 Å². The number of ether oxygens (including phenoxy) is 1. The first-order valence-electron chi connectivity index (χ1n) is 4.45. The summed E-state index contributed by atoms with van der Waals surface area (Å²) in [5.41, 5.74) is 0.685. The molecule has 0 bridgehead atoms. The van der Waals surface area contributed by atoms with E-state index in [1.54, 1.807) is 6.92 Å². The van der Waals surface area contributed by atoms with Crippen LogP contribution in [0.15, 0.2) is 18.2 Å². The molecular weight excluding hydrogens is 201 g/mol. The standard InChI is InChI=1S/C10H12FNO3/c1-7-6-8(11)2-3-9(7)15-5-4-12-10(13)14/h2-3,6,12H,4-5H2,1H3,(H,13,14). The van der Waals surface area contributed by atoms with Crippen molar-refractivity contribution in [2.45, 2.75) is 6.92 Å². The number of nitrogens with one attached hydrogen (secondary N) is 1. The minimum Gasteiger partial charge on any atom is -0.491 e. The molecule has 0 spiro atoms. The van der Waals surface area contributed by atoms with Crippen molar-refractivity contribution in [1.82, 2.24) is 5.32 Å². The van der Waals surface area contributed by atoms with E-state index in [1.165, 1.54) is 18.2 Å². The van der Waals surface area contributed by atoms with Gasteiger partial charge in [-0.1, -0.05) is 0 Å². The molecule has 0 fully saturated rings. The van der Waals surface area contributed by atoms with Crippen LogP contribution < -0.4 is 10.1 Å². The van der Waals surface area contributed by atoms with E-state index in [2.05, 4.69) is 5.32 Å². The third-order valence-corrected chi connectivity index (χ3v) is 1.77. The molecule has 4 nitrogen and oxygen atoms in total. The smallest absolute Gasteiger partial charge is 0.404 e. The van der Waals surface area contributed by atoms with Gasteiger partial charge in [-0.2, -0.15) is 0 Å². The Morgan fingerprint density at radius 3 is 2.93 bits per heavy atom. The van der Waals surface area contributed by atoms with Gasteiger partial charge >= 0.3 is 6.09 Å². The van der Waals surface area contributed by atoms with E-state index in [-0.39, 0.29) is 19.0 Å². The maximum atomic E-state index is 12.7. The van der Waals surface area contributed by atoms with Gasteiger partial charge in [0.05, 0.1) is 6.54 Å². The largest absolute Gasteiger partial charge is 0.491 e. The zero-order valence-electron chi connectivity index (χ0n) is 8.29. The van der Waals surface area contributed by atoms with Crippen molar-refractivity contribution < 1.29 is 19.0 Å². The average Bonchev–Trinajstić information content (AvgIpc) is 2.14. The Morgan fingerprint density at radius 2 is 2.33 bits per heavy atom. The topological polar surface area (TPSA) is 58.6 Å². The SMILES string of the molecule is Cc1cc(F)ccc1OCCNC(=O)O.